The van der Waals surface area contributed by atoms with Gasteiger partial charge in [-0.15, -0.1) is 0 Å². The molecule has 0 aliphatic carbocycles. The first-order valence-corrected chi connectivity index (χ1v) is 12.6. The first-order valence-electron chi connectivity index (χ1n) is 12.6. The number of amides is 1. The molecule has 1 atom stereocenters. The SMILES string of the molecule is COc1ccc(C(=O)N(CCCN)C(c2cc3cc(C)nn3c(=O)n2Cc2ccccc2)C(C)C)cc1. The highest BCUT2D eigenvalue weighted by Gasteiger charge is 2.31. The van der Waals surface area contributed by atoms with Crippen molar-refractivity contribution in [1.82, 2.24) is 19.1 Å². The lowest BCUT2D eigenvalue weighted by atomic mass is 9.96. The molecule has 0 aliphatic heterocycles. The van der Waals surface area contributed by atoms with Crippen LogP contribution in [-0.4, -0.2) is 45.2 Å². The van der Waals surface area contributed by atoms with Crippen LogP contribution in [0.5, 0.6) is 5.75 Å². The zero-order valence-electron chi connectivity index (χ0n) is 21.9. The maximum atomic E-state index is 13.9. The molecule has 37 heavy (non-hydrogen) atoms. The van der Waals surface area contributed by atoms with Crippen LogP contribution in [0, 0.1) is 12.8 Å². The summed E-state index contributed by atoms with van der Waals surface area (Å²) in [5, 5.41) is 4.43. The Balaban J connectivity index is 1.89. The van der Waals surface area contributed by atoms with Gasteiger partial charge in [-0.25, -0.2) is 4.79 Å². The number of nitrogens with zero attached hydrogens (tertiary/aromatic N) is 4. The predicted molar refractivity (Wildman–Crippen MR) is 145 cm³/mol. The molecule has 2 N–H and O–H groups in total. The number of carbonyl (C=O) groups is 1. The number of methoxy groups -OCH3 is 1. The van der Waals surface area contributed by atoms with Crippen LogP contribution in [0.4, 0.5) is 0 Å². The molecule has 0 saturated carbocycles. The van der Waals surface area contributed by atoms with Crippen LogP contribution in [-0.2, 0) is 6.54 Å². The molecule has 1 unspecified atom stereocenters. The van der Waals surface area contributed by atoms with Gasteiger partial charge in [-0.3, -0.25) is 9.36 Å². The van der Waals surface area contributed by atoms with Crippen molar-refractivity contribution in [2.75, 3.05) is 20.2 Å². The predicted octanol–water partition coefficient (Wildman–Crippen LogP) is 4.05. The van der Waals surface area contributed by atoms with Gasteiger partial charge < -0.3 is 15.4 Å². The number of hydrogen-bond donors (Lipinski definition) is 1. The molecular weight excluding hydrogens is 466 g/mol. The highest BCUT2D eigenvalue weighted by atomic mass is 16.5. The van der Waals surface area contributed by atoms with Crippen molar-refractivity contribution in [3.8, 4) is 5.75 Å². The Labute approximate surface area is 217 Å². The van der Waals surface area contributed by atoms with Crippen LogP contribution >= 0.6 is 0 Å². The summed E-state index contributed by atoms with van der Waals surface area (Å²) in [6, 6.07) is 20.5. The molecule has 0 aliphatic rings. The number of hydrogen-bond acceptors (Lipinski definition) is 5. The van der Waals surface area contributed by atoms with Crippen LogP contribution in [0.15, 0.2) is 71.5 Å². The molecule has 2 heterocycles. The van der Waals surface area contributed by atoms with Gasteiger partial charge >= 0.3 is 5.69 Å². The third-order valence-corrected chi connectivity index (χ3v) is 6.53. The largest absolute Gasteiger partial charge is 0.497 e. The molecule has 8 nitrogen and oxygen atoms in total. The van der Waals surface area contributed by atoms with Crippen LogP contribution in [0.3, 0.4) is 0 Å². The van der Waals surface area contributed by atoms with Gasteiger partial charge in [-0.1, -0.05) is 44.2 Å². The Morgan fingerprint density at radius 2 is 1.78 bits per heavy atom. The molecule has 0 radical (unpaired) electrons. The molecule has 2 aromatic heterocycles. The van der Waals surface area contributed by atoms with Gasteiger partial charge in [0.05, 0.1) is 30.9 Å². The number of ether oxygens (including phenoxy) is 1. The summed E-state index contributed by atoms with van der Waals surface area (Å²) in [4.78, 5) is 29.6. The van der Waals surface area contributed by atoms with Gasteiger partial charge in [0.25, 0.3) is 5.91 Å². The normalized spacial score (nSPS) is 12.2. The molecule has 4 rings (SSSR count). The number of carbonyl (C=O) groups excluding carboxylic acids is 1. The van der Waals surface area contributed by atoms with E-state index in [1.54, 1.807) is 35.9 Å². The lowest BCUT2D eigenvalue weighted by molar-refractivity contribution is 0.0609. The van der Waals surface area contributed by atoms with Crippen LogP contribution in [0.2, 0.25) is 0 Å². The molecule has 0 bridgehead atoms. The van der Waals surface area contributed by atoms with Gasteiger partial charge in [-0.2, -0.15) is 9.61 Å². The van der Waals surface area contributed by atoms with Crippen molar-refractivity contribution in [2.45, 2.75) is 39.8 Å². The topological polar surface area (TPSA) is 94.9 Å². The minimum atomic E-state index is -0.363. The lowest BCUT2D eigenvalue weighted by Gasteiger charge is -2.36. The zero-order valence-corrected chi connectivity index (χ0v) is 21.9. The van der Waals surface area contributed by atoms with E-state index in [9.17, 15) is 9.59 Å². The van der Waals surface area contributed by atoms with E-state index in [1.807, 2.05) is 54.3 Å². The third-order valence-electron chi connectivity index (χ3n) is 6.53. The van der Waals surface area contributed by atoms with Crippen molar-refractivity contribution in [1.29, 1.82) is 0 Å². The average molecular weight is 502 g/mol. The summed E-state index contributed by atoms with van der Waals surface area (Å²) in [5.74, 6) is 0.592. The Morgan fingerprint density at radius 1 is 1.08 bits per heavy atom. The lowest BCUT2D eigenvalue weighted by Crippen LogP contribution is -2.42. The smallest absolute Gasteiger partial charge is 0.349 e. The molecule has 4 aromatic rings. The number of aryl methyl sites for hydroxylation is 1. The number of rotatable bonds is 10. The van der Waals surface area contributed by atoms with Gasteiger partial charge in [0.1, 0.15) is 5.75 Å². The quantitative estimate of drug-likeness (QED) is 0.354. The maximum absolute atomic E-state index is 13.9. The zero-order chi connectivity index (χ0) is 26.5. The van der Waals surface area contributed by atoms with Gasteiger partial charge in [0.2, 0.25) is 0 Å². The fraction of sp³-hybridized carbons (Fsp3) is 0.345. The van der Waals surface area contributed by atoms with E-state index in [0.717, 1.165) is 17.0 Å². The maximum Gasteiger partial charge on any atom is 0.349 e. The van der Waals surface area contributed by atoms with Crippen LogP contribution in [0.1, 0.15) is 53.6 Å². The van der Waals surface area contributed by atoms with Crippen molar-refractivity contribution >= 4 is 11.4 Å². The molecule has 194 valence electrons. The highest BCUT2D eigenvalue weighted by Crippen LogP contribution is 2.31. The molecule has 1 amide bonds. The summed E-state index contributed by atoms with van der Waals surface area (Å²) in [7, 11) is 1.60. The van der Waals surface area contributed by atoms with E-state index >= 15 is 0 Å². The van der Waals surface area contributed by atoms with Crippen LogP contribution < -0.4 is 16.2 Å². The second-order valence-electron chi connectivity index (χ2n) is 9.60. The van der Waals surface area contributed by atoms with E-state index in [1.165, 1.54) is 4.52 Å². The number of fused-ring (bicyclic) bond motifs is 1. The van der Waals surface area contributed by atoms with Crippen molar-refractivity contribution in [3.05, 3.63) is 99.7 Å². The minimum absolute atomic E-state index is 0.0212. The Bertz CT molecular complexity index is 1410. The number of benzene rings is 2. The second-order valence-corrected chi connectivity index (χ2v) is 9.60. The van der Waals surface area contributed by atoms with E-state index in [0.29, 0.717) is 42.9 Å². The standard InChI is InChI=1S/C29H35N5O3/c1-20(2)27(32(16-8-15-30)28(35)23-11-13-25(37-4)14-12-23)26-18-24-17-21(3)31-34(24)29(36)33(26)19-22-9-6-5-7-10-22/h5-7,9-14,17-18,20,27H,8,15-16,19,30H2,1-4H3. The van der Waals surface area contributed by atoms with E-state index < -0.39 is 0 Å². The molecule has 8 heteroatoms. The number of aromatic nitrogens is 3. The first-order chi connectivity index (χ1) is 17.8. The fourth-order valence-corrected chi connectivity index (χ4v) is 4.79. The molecule has 0 saturated heterocycles. The Morgan fingerprint density at radius 3 is 2.41 bits per heavy atom. The van der Waals surface area contributed by atoms with Gasteiger partial charge in [-0.05, 0) is 67.8 Å². The van der Waals surface area contributed by atoms with Crippen molar-refractivity contribution < 1.29 is 9.53 Å². The van der Waals surface area contributed by atoms with Gasteiger partial charge in [0, 0.05) is 17.8 Å². The van der Waals surface area contributed by atoms with Crippen molar-refractivity contribution in [2.24, 2.45) is 11.7 Å². The van der Waals surface area contributed by atoms with Gasteiger partial charge in [0.15, 0.2) is 0 Å². The Kier molecular flexibility index (Phi) is 8.08. The first kappa shape index (κ1) is 26.2. The minimum Gasteiger partial charge on any atom is -0.497 e. The van der Waals surface area contributed by atoms with E-state index in [4.69, 9.17) is 10.5 Å². The third kappa shape index (κ3) is 5.59. The highest BCUT2D eigenvalue weighted by molar-refractivity contribution is 5.94. The summed E-state index contributed by atoms with van der Waals surface area (Å²) in [6.07, 6.45) is 0.641. The summed E-state index contributed by atoms with van der Waals surface area (Å²) in [5.41, 5.74) is 9.44. The average Bonchev–Trinajstić information content (AvgIpc) is 3.28. The summed E-state index contributed by atoms with van der Waals surface area (Å²) in [6.45, 7) is 7.31. The summed E-state index contributed by atoms with van der Waals surface area (Å²) < 4.78 is 8.46. The van der Waals surface area contributed by atoms with Crippen molar-refractivity contribution in [3.63, 3.8) is 0 Å². The second kappa shape index (κ2) is 11.4. The monoisotopic (exact) mass is 501 g/mol. The van der Waals surface area contributed by atoms with E-state index in [-0.39, 0.29) is 23.6 Å². The molecule has 0 spiro atoms. The van der Waals surface area contributed by atoms with Crippen LogP contribution in [0.25, 0.3) is 5.52 Å². The fourth-order valence-electron chi connectivity index (χ4n) is 4.79. The van der Waals surface area contributed by atoms with E-state index in [2.05, 4.69) is 18.9 Å². The summed E-state index contributed by atoms with van der Waals surface area (Å²) >= 11 is 0. The Hall–Kier alpha value is -3.91. The molecule has 2 aromatic carbocycles. The molecular formula is C29H35N5O3. The molecule has 0 fully saturated rings. The number of nitrogens with two attached hydrogens (primary N) is 1.